The van der Waals surface area contributed by atoms with E-state index in [0.717, 1.165) is 16.6 Å². The minimum absolute atomic E-state index is 0.231. The summed E-state index contributed by atoms with van der Waals surface area (Å²) in [5.74, 6) is 0.698. The first-order chi connectivity index (χ1) is 10.1. The molecule has 0 spiro atoms. The molecule has 0 saturated carbocycles. The van der Waals surface area contributed by atoms with Gasteiger partial charge < -0.3 is 4.74 Å². The van der Waals surface area contributed by atoms with Gasteiger partial charge in [-0.15, -0.1) is 11.8 Å². The predicted octanol–water partition coefficient (Wildman–Crippen LogP) is 4.85. The maximum atomic E-state index is 10.8. The number of rotatable bonds is 6. The van der Waals surface area contributed by atoms with Crippen LogP contribution in [0, 0.1) is 0 Å². The van der Waals surface area contributed by atoms with E-state index < -0.39 is 0 Å². The van der Waals surface area contributed by atoms with Crippen LogP contribution in [0.4, 0.5) is 0 Å². The van der Waals surface area contributed by atoms with Gasteiger partial charge in [0.05, 0.1) is 6.61 Å². The highest BCUT2D eigenvalue weighted by Crippen LogP contribution is 2.29. The van der Waals surface area contributed by atoms with Crippen LogP contribution in [-0.4, -0.2) is 12.6 Å². The molecule has 2 aromatic carbocycles. The summed E-state index contributed by atoms with van der Waals surface area (Å²) in [6.07, 6.45) is 0.740. The first kappa shape index (κ1) is 16.1. The van der Waals surface area contributed by atoms with Gasteiger partial charge in [0.25, 0.3) is 0 Å². The maximum Gasteiger partial charge on any atom is 0.302 e. The van der Waals surface area contributed by atoms with Crippen LogP contribution < -0.4 is 0 Å². The van der Waals surface area contributed by atoms with Gasteiger partial charge in [-0.3, -0.25) is 4.79 Å². The molecule has 0 amide bonds. The lowest BCUT2D eigenvalue weighted by Gasteiger charge is -2.10. The second-order valence-electron chi connectivity index (χ2n) is 4.62. The van der Waals surface area contributed by atoms with Crippen molar-refractivity contribution in [3.63, 3.8) is 0 Å². The van der Waals surface area contributed by atoms with Crippen molar-refractivity contribution in [2.75, 3.05) is 6.61 Å². The standard InChI is InChI=1S/C17H17BrO2S/c1-13(19)20-10-9-15-7-8-16(18)11-17(15)21-12-14-5-3-2-4-6-14/h2-8,11H,9-10,12H2,1H3. The molecule has 0 aliphatic heterocycles. The fourth-order valence-electron chi connectivity index (χ4n) is 1.91. The Morgan fingerprint density at radius 1 is 1.19 bits per heavy atom. The third-order valence-corrected chi connectivity index (χ3v) is 4.61. The summed E-state index contributed by atoms with van der Waals surface area (Å²) in [7, 11) is 0. The largest absolute Gasteiger partial charge is 0.466 e. The molecule has 21 heavy (non-hydrogen) atoms. The van der Waals surface area contributed by atoms with E-state index in [0.29, 0.717) is 6.61 Å². The number of ether oxygens (including phenoxy) is 1. The maximum absolute atomic E-state index is 10.8. The molecule has 0 bridgehead atoms. The van der Waals surface area contributed by atoms with E-state index in [9.17, 15) is 4.79 Å². The molecule has 2 nitrogen and oxygen atoms in total. The molecule has 110 valence electrons. The molecule has 0 atom stereocenters. The lowest BCUT2D eigenvalue weighted by atomic mass is 10.2. The van der Waals surface area contributed by atoms with Crippen LogP contribution in [-0.2, 0) is 21.7 Å². The summed E-state index contributed by atoms with van der Waals surface area (Å²) in [6, 6.07) is 16.6. The smallest absolute Gasteiger partial charge is 0.302 e. The van der Waals surface area contributed by atoms with Crippen LogP contribution >= 0.6 is 27.7 Å². The average molecular weight is 365 g/mol. The predicted molar refractivity (Wildman–Crippen MR) is 90.5 cm³/mol. The monoisotopic (exact) mass is 364 g/mol. The van der Waals surface area contributed by atoms with Gasteiger partial charge in [0.15, 0.2) is 0 Å². The molecule has 0 fully saturated rings. The molecule has 0 aromatic heterocycles. The minimum atomic E-state index is -0.231. The van der Waals surface area contributed by atoms with E-state index in [2.05, 4.69) is 52.3 Å². The highest BCUT2D eigenvalue weighted by molar-refractivity contribution is 9.10. The number of esters is 1. The zero-order valence-electron chi connectivity index (χ0n) is 11.8. The van der Waals surface area contributed by atoms with E-state index in [1.165, 1.54) is 22.9 Å². The summed E-state index contributed by atoms with van der Waals surface area (Å²) in [4.78, 5) is 12.1. The van der Waals surface area contributed by atoms with E-state index in [1.807, 2.05) is 12.1 Å². The van der Waals surface area contributed by atoms with Crippen LogP contribution in [0.2, 0.25) is 0 Å². The van der Waals surface area contributed by atoms with Crippen LogP contribution in [0.15, 0.2) is 57.9 Å². The van der Waals surface area contributed by atoms with Crippen LogP contribution in [0.1, 0.15) is 18.1 Å². The Kier molecular flexibility index (Phi) is 6.33. The third-order valence-electron chi connectivity index (χ3n) is 2.94. The van der Waals surface area contributed by atoms with E-state index in [4.69, 9.17) is 4.74 Å². The van der Waals surface area contributed by atoms with Crippen molar-refractivity contribution in [1.82, 2.24) is 0 Å². The van der Waals surface area contributed by atoms with Crippen molar-refractivity contribution in [3.05, 3.63) is 64.1 Å². The van der Waals surface area contributed by atoms with Gasteiger partial charge in [-0.2, -0.15) is 0 Å². The zero-order valence-corrected chi connectivity index (χ0v) is 14.2. The van der Waals surface area contributed by atoms with Crippen LogP contribution in [0.25, 0.3) is 0 Å². The average Bonchev–Trinajstić information content (AvgIpc) is 2.48. The van der Waals surface area contributed by atoms with Crippen molar-refractivity contribution in [2.45, 2.75) is 24.0 Å². The summed E-state index contributed by atoms with van der Waals surface area (Å²) >= 11 is 5.32. The van der Waals surface area contributed by atoms with Gasteiger partial charge in [-0.1, -0.05) is 52.3 Å². The van der Waals surface area contributed by atoms with Crippen molar-refractivity contribution < 1.29 is 9.53 Å². The highest BCUT2D eigenvalue weighted by Gasteiger charge is 2.06. The molecule has 0 heterocycles. The summed E-state index contributed by atoms with van der Waals surface area (Å²) in [5, 5.41) is 0. The third kappa shape index (κ3) is 5.56. The lowest BCUT2D eigenvalue weighted by Crippen LogP contribution is -2.04. The van der Waals surface area contributed by atoms with Gasteiger partial charge >= 0.3 is 5.97 Å². The van der Waals surface area contributed by atoms with Gasteiger partial charge in [0, 0.05) is 28.5 Å². The van der Waals surface area contributed by atoms with Gasteiger partial charge in [-0.05, 0) is 23.3 Å². The second kappa shape index (κ2) is 8.25. The first-order valence-corrected chi connectivity index (χ1v) is 8.51. The molecule has 2 aromatic rings. The molecule has 0 unspecified atom stereocenters. The normalized spacial score (nSPS) is 10.4. The number of halogens is 1. The lowest BCUT2D eigenvalue weighted by molar-refractivity contribution is -0.140. The fraction of sp³-hybridized carbons (Fsp3) is 0.235. The molecule has 0 N–H and O–H groups in total. The molecule has 0 aliphatic carbocycles. The summed E-state index contributed by atoms with van der Waals surface area (Å²) in [6.45, 7) is 1.86. The molecule has 2 rings (SSSR count). The van der Waals surface area contributed by atoms with E-state index in [1.54, 1.807) is 11.8 Å². The van der Waals surface area contributed by atoms with Gasteiger partial charge in [0.2, 0.25) is 0 Å². The summed E-state index contributed by atoms with van der Waals surface area (Å²) < 4.78 is 6.10. The Bertz CT molecular complexity index is 599. The van der Waals surface area contributed by atoms with Crippen molar-refractivity contribution in [2.24, 2.45) is 0 Å². The Labute approximate surface area is 138 Å². The van der Waals surface area contributed by atoms with E-state index >= 15 is 0 Å². The molecule has 4 heteroatoms. The number of hydrogen-bond acceptors (Lipinski definition) is 3. The van der Waals surface area contributed by atoms with Gasteiger partial charge in [-0.25, -0.2) is 0 Å². The quantitative estimate of drug-likeness (QED) is 0.541. The van der Waals surface area contributed by atoms with Crippen LogP contribution in [0.3, 0.4) is 0 Å². The molecular weight excluding hydrogens is 348 g/mol. The minimum Gasteiger partial charge on any atom is -0.466 e. The Morgan fingerprint density at radius 3 is 2.67 bits per heavy atom. The Hall–Kier alpha value is -1.26. The second-order valence-corrected chi connectivity index (χ2v) is 6.55. The fourth-order valence-corrected chi connectivity index (χ4v) is 3.50. The SMILES string of the molecule is CC(=O)OCCc1ccc(Br)cc1SCc1ccccc1. The van der Waals surface area contributed by atoms with Crippen molar-refractivity contribution in [1.29, 1.82) is 0 Å². The number of thioether (sulfide) groups is 1. The molecular formula is C17H17BrO2S. The van der Waals surface area contributed by atoms with E-state index in [-0.39, 0.29) is 5.97 Å². The van der Waals surface area contributed by atoms with Crippen molar-refractivity contribution in [3.8, 4) is 0 Å². The molecule has 0 saturated heterocycles. The highest BCUT2D eigenvalue weighted by atomic mass is 79.9. The number of hydrogen-bond donors (Lipinski definition) is 0. The molecule has 0 radical (unpaired) electrons. The van der Waals surface area contributed by atoms with Crippen LogP contribution in [0.5, 0.6) is 0 Å². The molecule has 0 aliphatic rings. The van der Waals surface area contributed by atoms with Gasteiger partial charge in [0.1, 0.15) is 0 Å². The first-order valence-electron chi connectivity index (χ1n) is 6.73. The Balaban J connectivity index is 2.02. The number of carbonyl (C=O) groups excluding carboxylic acids is 1. The topological polar surface area (TPSA) is 26.3 Å². The Morgan fingerprint density at radius 2 is 1.95 bits per heavy atom. The number of carbonyl (C=O) groups is 1. The summed E-state index contributed by atoms with van der Waals surface area (Å²) in [5.41, 5.74) is 2.51. The zero-order chi connectivity index (χ0) is 15.1. The number of benzene rings is 2. The van der Waals surface area contributed by atoms with Crippen molar-refractivity contribution >= 4 is 33.7 Å².